The van der Waals surface area contributed by atoms with E-state index in [1.807, 2.05) is 30.3 Å². The lowest BCUT2D eigenvalue weighted by Crippen LogP contribution is -2.41. The van der Waals surface area contributed by atoms with Crippen molar-refractivity contribution in [1.29, 1.82) is 0 Å². The lowest BCUT2D eigenvalue weighted by molar-refractivity contribution is -0.119. The zero-order chi connectivity index (χ0) is 16.2. The van der Waals surface area contributed by atoms with Gasteiger partial charge in [-0.25, -0.2) is 4.98 Å². The molecule has 2 heterocycles. The Balaban J connectivity index is 1.82. The molecule has 1 fully saturated rings. The van der Waals surface area contributed by atoms with Crippen LogP contribution in [0.4, 0.5) is 5.95 Å². The monoisotopic (exact) mass is 314 g/mol. The minimum absolute atomic E-state index is 0.0743. The Bertz CT molecular complexity index is 680. The molecule has 2 aromatic rings. The maximum Gasteiger partial charge on any atom is 0.240 e. The lowest BCUT2D eigenvalue weighted by atomic mass is 10.2. The maximum absolute atomic E-state index is 11.7. The van der Waals surface area contributed by atoms with Crippen LogP contribution < -0.4 is 15.4 Å². The second-order valence-electron chi connectivity index (χ2n) is 5.27. The van der Waals surface area contributed by atoms with Crippen LogP contribution in [-0.4, -0.2) is 41.7 Å². The van der Waals surface area contributed by atoms with Crippen molar-refractivity contribution < 1.29 is 14.3 Å². The van der Waals surface area contributed by atoms with Gasteiger partial charge in [-0.05, 0) is 12.1 Å². The van der Waals surface area contributed by atoms with Crippen LogP contribution >= 0.6 is 0 Å². The van der Waals surface area contributed by atoms with Gasteiger partial charge in [0.1, 0.15) is 11.8 Å². The van der Waals surface area contributed by atoms with Crippen molar-refractivity contribution in [2.45, 2.75) is 18.6 Å². The van der Waals surface area contributed by atoms with E-state index in [1.165, 1.54) is 0 Å². The topological polar surface area (TPSA) is 90.6 Å². The molecular formula is C16H18N4O3. The van der Waals surface area contributed by atoms with E-state index in [-0.39, 0.29) is 6.10 Å². The standard InChI is InChI=1S/C16H18N4O3/c1-22-12-9-13(15(17)21)20(10-12)16-18-8-7-14(19-16)23-11-5-3-2-4-6-11/h2-8,12-13H,9-10H2,1H3,(H2,17,21)/t12-,13-/m0/s1. The number of para-hydroxylation sites is 1. The molecule has 3 rings (SSSR count). The lowest BCUT2D eigenvalue weighted by Gasteiger charge is -2.21. The number of anilines is 1. The van der Waals surface area contributed by atoms with Crippen LogP contribution in [0.1, 0.15) is 6.42 Å². The summed E-state index contributed by atoms with van der Waals surface area (Å²) in [7, 11) is 1.61. The molecule has 1 aliphatic heterocycles. The van der Waals surface area contributed by atoms with Crippen molar-refractivity contribution in [3.05, 3.63) is 42.6 Å². The molecule has 1 saturated heterocycles. The molecule has 2 atom stereocenters. The van der Waals surface area contributed by atoms with Crippen molar-refractivity contribution in [2.75, 3.05) is 18.6 Å². The van der Waals surface area contributed by atoms with E-state index >= 15 is 0 Å². The largest absolute Gasteiger partial charge is 0.439 e. The highest BCUT2D eigenvalue weighted by molar-refractivity contribution is 5.83. The number of aromatic nitrogens is 2. The number of nitrogens with two attached hydrogens (primary N) is 1. The van der Waals surface area contributed by atoms with Gasteiger partial charge in [-0.1, -0.05) is 18.2 Å². The van der Waals surface area contributed by atoms with E-state index in [2.05, 4.69) is 9.97 Å². The molecule has 7 nitrogen and oxygen atoms in total. The number of amides is 1. The van der Waals surface area contributed by atoms with E-state index in [0.717, 1.165) is 0 Å². The van der Waals surface area contributed by atoms with Crippen molar-refractivity contribution in [2.24, 2.45) is 5.73 Å². The van der Waals surface area contributed by atoms with Gasteiger partial charge in [0.15, 0.2) is 0 Å². The Morgan fingerprint density at radius 3 is 2.78 bits per heavy atom. The van der Waals surface area contributed by atoms with Crippen LogP contribution in [0, 0.1) is 0 Å². The molecule has 0 bridgehead atoms. The zero-order valence-electron chi connectivity index (χ0n) is 12.8. The Hall–Kier alpha value is -2.67. The number of primary amides is 1. The smallest absolute Gasteiger partial charge is 0.240 e. The average Bonchev–Trinajstić information content (AvgIpc) is 3.01. The normalized spacial score (nSPS) is 20.5. The molecule has 1 amide bonds. The van der Waals surface area contributed by atoms with E-state index in [1.54, 1.807) is 24.3 Å². The third kappa shape index (κ3) is 3.40. The third-order valence-electron chi connectivity index (χ3n) is 3.76. The fourth-order valence-electron chi connectivity index (χ4n) is 2.60. The molecule has 0 spiro atoms. The van der Waals surface area contributed by atoms with Gasteiger partial charge in [0, 0.05) is 32.3 Å². The summed E-state index contributed by atoms with van der Waals surface area (Å²) in [4.78, 5) is 22.0. The van der Waals surface area contributed by atoms with Crippen LogP contribution in [0.2, 0.25) is 0 Å². The molecule has 2 N–H and O–H groups in total. The first kappa shape index (κ1) is 15.2. The van der Waals surface area contributed by atoms with Crippen LogP contribution in [0.3, 0.4) is 0 Å². The summed E-state index contributed by atoms with van der Waals surface area (Å²) in [6.07, 6.45) is 2.05. The highest BCUT2D eigenvalue weighted by Gasteiger charge is 2.37. The first-order valence-corrected chi connectivity index (χ1v) is 7.32. The van der Waals surface area contributed by atoms with Crippen LogP contribution in [0.5, 0.6) is 11.6 Å². The predicted molar refractivity (Wildman–Crippen MR) is 84.3 cm³/mol. The summed E-state index contributed by atoms with van der Waals surface area (Å²) in [5.41, 5.74) is 5.48. The Labute approximate surface area is 134 Å². The quantitative estimate of drug-likeness (QED) is 0.896. The third-order valence-corrected chi connectivity index (χ3v) is 3.76. The molecule has 7 heteroatoms. The van der Waals surface area contributed by atoms with E-state index < -0.39 is 11.9 Å². The molecule has 1 aromatic carbocycles. The van der Waals surface area contributed by atoms with Crippen molar-refractivity contribution in [3.8, 4) is 11.6 Å². The first-order chi connectivity index (χ1) is 11.2. The minimum atomic E-state index is -0.480. The molecule has 23 heavy (non-hydrogen) atoms. The second kappa shape index (κ2) is 6.62. The number of methoxy groups -OCH3 is 1. The summed E-state index contributed by atoms with van der Waals surface area (Å²) in [5.74, 6) is 1.08. The fourth-order valence-corrected chi connectivity index (χ4v) is 2.60. The van der Waals surface area contributed by atoms with Gasteiger partial charge in [-0.2, -0.15) is 4.98 Å². The van der Waals surface area contributed by atoms with Gasteiger partial charge in [0.25, 0.3) is 0 Å². The number of carbonyl (C=O) groups excluding carboxylic acids is 1. The molecular weight excluding hydrogens is 296 g/mol. The number of ether oxygens (including phenoxy) is 2. The summed E-state index contributed by atoms with van der Waals surface area (Å²) in [6, 6.07) is 10.5. The van der Waals surface area contributed by atoms with Crippen molar-refractivity contribution in [1.82, 2.24) is 9.97 Å². The van der Waals surface area contributed by atoms with Gasteiger partial charge in [0.2, 0.25) is 17.7 Å². The molecule has 120 valence electrons. The predicted octanol–water partition coefficient (Wildman–Crippen LogP) is 1.35. The maximum atomic E-state index is 11.7. The highest BCUT2D eigenvalue weighted by Crippen LogP contribution is 2.26. The zero-order valence-corrected chi connectivity index (χ0v) is 12.8. The Kier molecular flexibility index (Phi) is 4.38. The number of hydrogen-bond acceptors (Lipinski definition) is 6. The Morgan fingerprint density at radius 1 is 1.30 bits per heavy atom. The van der Waals surface area contributed by atoms with Crippen LogP contribution in [-0.2, 0) is 9.53 Å². The van der Waals surface area contributed by atoms with E-state index in [4.69, 9.17) is 15.2 Å². The van der Waals surface area contributed by atoms with E-state index in [0.29, 0.717) is 30.5 Å². The molecule has 0 radical (unpaired) electrons. The summed E-state index contributed by atoms with van der Waals surface area (Å²) >= 11 is 0. The van der Waals surface area contributed by atoms with Crippen LogP contribution in [0.25, 0.3) is 0 Å². The average molecular weight is 314 g/mol. The molecule has 1 aliphatic rings. The van der Waals surface area contributed by atoms with Crippen molar-refractivity contribution >= 4 is 11.9 Å². The van der Waals surface area contributed by atoms with Gasteiger partial charge >= 0.3 is 0 Å². The number of hydrogen-bond donors (Lipinski definition) is 1. The number of nitrogens with zero attached hydrogens (tertiary/aromatic N) is 3. The summed E-state index contributed by atoms with van der Waals surface area (Å²) < 4.78 is 11.0. The molecule has 0 aliphatic carbocycles. The first-order valence-electron chi connectivity index (χ1n) is 7.32. The second-order valence-corrected chi connectivity index (χ2v) is 5.27. The molecule has 1 aromatic heterocycles. The minimum Gasteiger partial charge on any atom is -0.439 e. The number of carbonyl (C=O) groups is 1. The Morgan fingerprint density at radius 2 is 2.09 bits per heavy atom. The van der Waals surface area contributed by atoms with Gasteiger partial charge in [-0.15, -0.1) is 0 Å². The molecule has 0 unspecified atom stereocenters. The number of rotatable bonds is 5. The van der Waals surface area contributed by atoms with Gasteiger partial charge < -0.3 is 20.1 Å². The van der Waals surface area contributed by atoms with Gasteiger partial charge in [-0.3, -0.25) is 4.79 Å². The summed E-state index contributed by atoms with van der Waals surface area (Å²) in [6.45, 7) is 0.513. The summed E-state index contributed by atoms with van der Waals surface area (Å²) in [5, 5.41) is 0. The van der Waals surface area contributed by atoms with Crippen LogP contribution in [0.15, 0.2) is 42.6 Å². The van der Waals surface area contributed by atoms with Crippen molar-refractivity contribution in [3.63, 3.8) is 0 Å². The number of benzene rings is 1. The fraction of sp³-hybridized carbons (Fsp3) is 0.312. The van der Waals surface area contributed by atoms with Gasteiger partial charge in [0.05, 0.1) is 6.10 Å². The molecule has 0 saturated carbocycles. The SMILES string of the molecule is CO[C@H]1C[C@@H](C(N)=O)N(c2nccc(Oc3ccccc3)n2)C1. The van der Waals surface area contributed by atoms with E-state index in [9.17, 15) is 4.79 Å². The highest BCUT2D eigenvalue weighted by atomic mass is 16.5.